The van der Waals surface area contributed by atoms with Gasteiger partial charge in [0, 0.05) is 19.6 Å². The van der Waals surface area contributed by atoms with Gasteiger partial charge in [-0.2, -0.15) is 0 Å². The first-order valence-electron chi connectivity index (χ1n) is 8.82. The summed E-state index contributed by atoms with van der Waals surface area (Å²) in [7, 11) is 0. The minimum Gasteiger partial charge on any atom is -0.378 e. The lowest BCUT2D eigenvalue weighted by atomic mass is 10.1. The van der Waals surface area contributed by atoms with Gasteiger partial charge < -0.3 is 15.4 Å². The lowest BCUT2D eigenvalue weighted by Crippen LogP contribution is -2.42. The molecule has 0 bridgehead atoms. The van der Waals surface area contributed by atoms with E-state index in [0.717, 1.165) is 25.6 Å². The highest BCUT2D eigenvalue weighted by atomic mass is 32.2. The van der Waals surface area contributed by atoms with Crippen molar-refractivity contribution in [2.45, 2.75) is 44.6 Å². The van der Waals surface area contributed by atoms with E-state index in [4.69, 9.17) is 10.5 Å². The largest absolute Gasteiger partial charge is 0.378 e. The van der Waals surface area contributed by atoms with Gasteiger partial charge in [-0.15, -0.1) is 10.2 Å². The molecular formula is C16H28N6O3S. The Morgan fingerprint density at radius 3 is 2.42 bits per heavy atom. The standard InChI is InChI=1S/C16H28N6O3S/c1-10(2)9-22-15(21-5-7-25-8-6-21)19-20-16(22)26-12(11(3)4)13(23)18-14(17)24/h10-12H,5-9H2,1-4H3,(H3,17,18,23,24)/t12-/m0/s1. The zero-order chi connectivity index (χ0) is 19.3. The second kappa shape index (κ2) is 9.22. The van der Waals surface area contributed by atoms with Crippen LogP contribution in [0.5, 0.6) is 0 Å². The van der Waals surface area contributed by atoms with Gasteiger partial charge in [0.15, 0.2) is 5.16 Å². The average Bonchev–Trinajstić information content (AvgIpc) is 2.94. The molecule has 3 N–H and O–H groups in total. The summed E-state index contributed by atoms with van der Waals surface area (Å²) in [6.07, 6.45) is 0. The summed E-state index contributed by atoms with van der Waals surface area (Å²) in [5, 5.41) is 11.0. The first-order chi connectivity index (χ1) is 12.3. The molecule has 146 valence electrons. The minimum absolute atomic E-state index is 0.00427. The SMILES string of the molecule is CC(C)Cn1c(S[C@H](C(=O)NC(N)=O)C(C)C)nnc1N1CCOCC1. The van der Waals surface area contributed by atoms with Crippen LogP contribution in [0.4, 0.5) is 10.7 Å². The van der Waals surface area contributed by atoms with Gasteiger partial charge >= 0.3 is 6.03 Å². The highest BCUT2D eigenvalue weighted by Crippen LogP contribution is 2.30. The number of hydrogen-bond donors (Lipinski definition) is 2. The molecule has 9 nitrogen and oxygen atoms in total. The molecule has 0 unspecified atom stereocenters. The topological polar surface area (TPSA) is 115 Å². The molecule has 0 radical (unpaired) electrons. The Hall–Kier alpha value is -1.81. The number of carbonyl (C=O) groups excluding carboxylic acids is 2. The monoisotopic (exact) mass is 384 g/mol. The van der Waals surface area contributed by atoms with Crippen LogP contribution in [0.25, 0.3) is 0 Å². The van der Waals surface area contributed by atoms with Crippen molar-refractivity contribution < 1.29 is 14.3 Å². The number of anilines is 1. The molecule has 2 heterocycles. The van der Waals surface area contributed by atoms with E-state index in [-0.39, 0.29) is 5.92 Å². The number of morpholine rings is 1. The van der Waals surface area contributed by atoms with Crippen molar-refractivity contribution in [3.05, 3.63) is 0 Å². The molecule has 0 aromatic carbocycles. The molecule has 3 amide bonds. The fourth-order valence-electron chi connectivity index (χ4n) is 2.69. The molecule has 1 atom stereocenters. The first kappa shape index (κ1) is 20.5. The van der Waals surface area contributed by atoms with Gasteiger partial charge in [-0.25, -0.2) is 4.79 Å². The number of hydrogen-bond acceptors (Lipinski definition) is 7. The zero-order valence-corrected chi connectivity index (χ0v) is 16.6. The van der Waals surface area contributed by atoms with Gasteiger partial charge in [0.25, 0.3) is 0 Å². The molecule has 1 aliphatic rings. The van der Waals surface area contributed by atoms with Crippen molar-refractivity contribution in [2.24, 2.45) is 17.6 Å². The third-order valence-electron chi connectivity index (χ3n) is 3.88. The second-order valence-corrected chi connectivity index (χ2v) is 8.13. The number of rotatable bonds is 7. The van der Waals surface area contributed by atoms with E-state index in [1.165, 1.54) is 11.8 Å². The van der Waals surface area contributed by atoms with E-state index in [0.29, 0.717) is 24.3 Å². The number of aromatic nitrogens is 3. The molecule has 10 heteroatoms. The number of carbonyl (C=O) groups is 2. The predicted molar refractivity (Wildman–Crippen MR) is 100 cm³/mol. The van der Waals surface area contributed by atoms with Crippen LogP contribution >= 0.6 is 11.8 Å². The summed E-state index contributed by atoms with van der Waals surface area (Å²) in [6.45, 7) is 11.7. The molecular weight excluding hydrogens is 356 g/mol. The maximum atomic E-state index is 12.3. The molecule has 1 aromatic rings. The zero-order valence-electron chi connectivity index (χ0n) is 15.8. The van der Waals surface area contributed by atoms with Gasteiger partial charge in [-0.05, 0) is 11.8 Å². The van der Waals surface area contributed by atoms with Gasteiger partial charge in [0.2, 0.25) is 11.9 Å². The van der Waals surface area contributed by atoms with Crippen molar-refractivity contribution in [1.29, 1.82) is 0 Å². The van der Waals surface area contributed by atoms with Crippen molar-refractivity contribution in [3.8, 4) is 0 Å². The van der Waals surface area contributed by atoms with Gasteiger partial charge in [0.1, 0.15) is 0 Å². The lowest BCUT2D eigenvalue weighted by molar-refractivity contribution is -0.120. The summed E-state index contributed by atoms with van der Waals surface area (Å²) in [5.41, 5.74) is 5.09. The lowest BCUT2D eigenvalue weighted by Gasteiger charge is -2.28. The number of urea groups is 1. The Morgan fingerprint density at radius 2 is 1.88 bits per heavy atom. The Bertz CT molecular complexity index is 628. The first-order valence-corrected chi connectivity index (χ1v) is 9.70. The molecule has 26 heavy (non-hydrogen) atoms. The number of amides is 3. The third kappa shape index (κ3) is 5.34. The molecule has 0 aliphatic carbocycles. The van der Waals surface area contributed by atoms with Gasteiger partial charge in [0.05, 0.1) is 18.5 Å². The Morgan fingerprint density at radius 1 is 1.23 bits per heavy atom. The molecule has 1 fully saturated rings. The normalized spacial score (nSPS) is 16.2. The Kier molecular flexibility index (Phi) is 7.27. The van der Waals surface area contributed by atoms with E-state index in [9.17, 15) is 9.59 Å². The number of imide groups is 1. The summed E-state index contributed by atoms with van der Waals surface area (Å²) in [4.78, 5) is 25.5. The molecule has 0 saturated carbocycles. The van der Waals surface area contributed by atoms with Crippen molar-refractivity contribution in [2.75, 3.05) is 31.2 Å². The molecule has 1 aromatic heterocycles. The number of nitrogens with one attached hydrogen (secondary N) is 1. The fraction of sp³-hybridized carbons (Fsp3) is 0.750. The van der Waals surface area contributed by atoms with E-state index < -0.39 is 17.2 Å². The van der Waals surface area contributed by atoms with Crippen LogP contribution in [-0.4, -0.2) is 58.3 Å². The summed E-state index contributed by atoms with van der Waals surface area (Å²) < 4.78 is 7.46. The molecule has 1 saturated heterocycles. The Labute approximate surface area is 158 Å². The number of primary amides is 1. The van der Waals surface area contributed by atoms with E-state index in [1.807, 2.05) is 18.4 Å². The van der Waals surface area contributed by atoms with Crippen LogP contribution in [-0.2, 0) is 16.1 Å². The van der Waals surface area contributed by atoms with Crippen LogP contribution < -0.4 is 16.0 Å². The van der Waals surface area contributed by atoms with E-state index in [2.05, 4.69) is 34.3 Å². The van der Waals surface area contributed by atoms with E-state index >= 15 is 0 Å². The quantitative estimate of drug-likeness (QED) is 0.676. The van der Waals surface area contributed by atoms with E-state index in [1.54, 1.807) is 0 Å². The van der Waals surface area contributed by atoms with Crippen LogP contribution in [0.15, 0.2) is 5.16 Å². The van der Waals surface area contributed by atoms with Crippen molar-refractivity contribution in [3.63, 3.8) is 0 Å². The Balaban J connectivity index is 2.27. The molecule has 0 spiro atoms. The van der Waals surface area contributed by atoms with Gasteiger partial charge in [-0.1, -0.05) is 39.5 Å². The van der Waals surface area contributed by atoms with Crippen LogP contribution in [0, 0.1) is 11.8 Å². The molecule has 2 rings (SSSR count). The number of thioether (sulfide) groups is 1. The van der Waals surface area contributed by atoms with Crippen molar-refractivity contribution >= 4 is 29.6 Å². The van der Waals surface area contributed by atoms with Crippen LogP contribution in [0.3, 0.4) is 0 Å². The van der Waals surface area contributed by atoms with Crippen LogP contribution in [0.1, 0.15) is 27.7 Å². The highest BCUT2D eigenvalue weighted by molar-refractivity contribution is 8.00. The van der Waals surface area contributed by atoms with Crippen molar-refractivity contribution in [1.82, 2.24) is 20.1 Å². The minimum atomic E-state index is -0.848. The number of nitrogens with zero attached hydrogens (tertiary/aromatic N) is 4. The highest BCUT2D eigenvalue weighted by Gasteiger charge is 2.29. The number of nitrogens with two attached hydrogens (primary N) is 1. The fourth-order valence-corrected chi connectivity index (χ4v) is 3.73. The summed E-state index contributed by atoms with van der Waals surface area (Å²) in [5.74, 6) is 0.768. The number of ether oxygens (including phenoxy) is 1. The third-order valence-corrected chi connectivity index (χ3v) is 5.41. The summed E-state index contributed by atoms with van der Waals surface area (Å²) in [6, 6.07) is -0.848. The predicted octanol–water partition coefficient (Wildman–Crippen LogP) is 1.08. The summed E-state index contributed by atoms with van der Waals surface area (Å²) >= 11 is 1.31. The maximum Gasteiger partial charge on any atom is 0.318 e. The second-order valence-electron chi connectivity index (χ2n) is 7.02. The van der Waals surface area contributed by atoms with Gasteiger partial charge in [-0.3, -0.25) is 14.7 Å². The molecule has 1 aliphatic heterocycles. The van der Waals surface area contributed by atoms with Crippen LogP contribution in [0.2, 0.25) is 0 Å². The average molecular weight is 385 g/mol. The smallest absolute Gasteiger partial charge is 0.318 e. The maximum absolute atomic E-state index is 12.3.